The number of aromatic nitrogens is 3. The molecule has 0 unspecified atom stereocenters. The molecule has 21 heavy (non-hydrogen) atoms. The first-order valence-corrected chi connectivity index (χ1v) is 6.84. The van der Waals surface area contributed by atoms with Crippen LogP contribution in [0.5, 0.6) is 0 Å². The lowest BCUT2D eigenvalue weighted by molar-refractivity contribution is 1.32. The van der Waals surface area contributed by atoms with Gasteiger partial charge in [0.1, 0.15) is 0 Å². The lowest BCUT2D eigenvalue weighted by atomic mass is 10.1. The van der Waals surface area contributed by atoms with Crippen molar-refractivity contribution in [1.82, 2.24) is 15.0 Å². The van der Waals surface area contributed by atoms with Gasteiger partial charge in [-0.25, -0.2) is 0 Å². The van der Waals surface area contributed by atoms with Crippen molar-refractivity contribution < 1.29 is 0 Å². The summed E-state index contributed by atoms with van der Waals surface area (Å²) in [4.78, 5) is 11.6. The standard InChI is InChI=1S/C18H13N3/c1-2-17-16(11-15(1)13-3-7-19-8-4-13)12-18(21-17)14-5-9-20-10-6-14/h1-12,21H. The number of nitrogens with one attached hydrogen (secondary N) is 1. The Kier molecular flexibility index (Phi) is 2.75. The van der Waals surface area contributed by atoms with Gasteiger partial charge in [-0.2, -0.15) is 0 Å². The van der Waals surface area contributed by atoms with Gasteiger partial charge in [0.05, 0.1) is 0 Å². The summed E-state index contributed by atoms with van der Waals surface area (Å²) in [6.07, 6.45) is 7.25. The van der Waals surface area contributed by atoms with Gasteiger partial charge in [0, 0.05) is 46.9 Å². The van der Waals surface area contributed by atoms with Crippen LogP contribution >= 0.6 is 0 Å². The van der Waals surface area contributed by atoms with Crippen LogP contribution in [0.1, 0.15) is 0 Å². The Morgan fingerprint density at radius 2 is 1.29 bits per heavy atom. The first-order chi connectivity index (χ1) is 10.4. The normalized spacial score (nSPS) is 10.9. The SMILES string of the molecule is c1cc(-c2ccc3[nH]c(-c4ccncc4)cc3c2)ccn1. The maximum Gasteiger partial charge on any atom is 0.0465 e. The van der Waals surface area contributed by atoms with Crippen molar-refractivity contribution in [2.75, 3.05) is 0 Å². The van der Waals surface area contributed by atoms with E-state index in [4.69, 9.17) is 0 Å². The van der Waals surface area contributed by atoms with Crippen LogP contribution in [0.15, 0.2) is 73.3 Å². The largest absolute Gasteiger partial charge is 0.355 e. The lowest BCUT2D eigenvalue weighted by Crippen LogP contribution is -1.78. The number of rotatable bonds is 2. The quantitative estimate of drug-likeness (QED) is 0.591. The smallest absolute Gasteiger partial charge is 0.0465 e. The Morgan fingerprint density at radius 3 is 2.00 bits per heavy atom. The van der Waals surface area contributed by atoms with Gasteiger partial charge in [0.2, 0.25) is 0 Å². The summed E-state index contributed by atoms with van der Waals surface area (Å²) >= 11 is 0. The molecule has 0 saturated heterocycles. The minimum absolute atomic E-state index is 1.11. The summed E-state index contributed by atoms with van der Waals surface area (Å²) in [7, 11) is 0. The van der Waals surface area contributed by atoms with E-state index >= 15 is 0 Å². The Balaban J connectivity index is 1.82. The Labute approximate surface area is 122 Å². The summed E-state index contributed by atoms with van der Waals surface area (Å²) in [5, 5.41) is 1.20. The van der Waals surface area contributed by atoms with Crippen molar-refractivity contribution in [1.29, 1.82) is 0 Å². The average molecular weight is 271 g/mol. The Hall–Kier alpha value is -2.94. The number of aromatic amines is 1. The fourth-order valence-corrected chi connectivity index (χ4v) is 2.54. The van der Waals surface area contributed by atoms with E-state index in [9.17, 15) is 0 Å². The van der Waals surface area contributed by atoms with Crippen molar-refractivity contribution in [3.63, 3.8) is 0 Å². The molecule has 4 rings (SSSR count). The second kappa shape index (κ2) is 4.87. The minimum Gasteiger partial charge on any atom is -0.355 e. The molecular formula is C18H13N3. The second-order valence-electron chi connectivity index (χ2n) is 4.96. The highest BCUT2D eigenvalue weighted by molar-refractivity contribution is 5.89. The minimum atomic E-state index is 1.11. The molecule has 1 N–H and O–H groups in total. The molecule has 0 saturated carbocycles. The molecule has 3 nitrogen and oxygen atoms in total. The average Bonchev–Trinajstić information content (AvgIpc) is 2.99. The van der Waals surface area contributed by atoms with Crippen molar-refractivity contribution in [2.24, 2.45) is 0 Å². The van der Waals surface area contributed by atoms with Crippen LogP contribution in [-0.4, -0.2) is 15.0 Å². The third-order valence-electron chi connectivity index (χ3n) is 3.63. The van der Waals surface area contributed by atoms with Crippen LogP contribution in [0.2, 0.25) is 0 Å². The molecular weight excluding hydrogens is 258 g/mol. The predicted molar refractivity (Wildman–Crippen MR) is 84.8 cm³/mol. The van der Waals surface area contributed by atoms with Gasteiger partial charge in [-0.3, -0.25) is 9.97 Å². The van der Waals surface area contributed by atoms with Gasteiger partial charge in [-0.1, -0.05) is 6.07 Å². The molecule has 0 aliphatic carbocycles. The van der Waals surface area contributed by atoms with Crippen molar-refractivity contribution in [2.45, 2.75) is 0 Å². The van der Waals surface area contributed by atoms with E-state index in [1.807, 2.05) is 49.1 Å². The van der Waals surface area contributed by atoms with Crippen LogP contribution < -0.4 is 0 Å². The Bertz CT molecular complexity index is 843. The van der Waals surface area contributed by atoms with Crippen molar-refractivity contribution in [3.05, 3.63) is 73.3 Å². The molecule has 100 valence electrons. The molecule has 0 radical (unpaired) electrons. The van der Waals surface area contributed by atoms with Gasteiger partial charge in [0.15, 0.2) is 0 Å². The lowest BCUT2D eigenvalue weighted by Gasteiger charge is -2.00. The monoisotopic (exact) mass is 271 g/mol. The third kappa shape index (κ3) is 2.19. The summed E-state index contributed by atoms with van der Waals surface area (Å²) < 4.78 is 0. The van der Waals surface area contributed by atoms with Crippen LogP contribution in [0.3, 0.4) is 0 Å². The van der Waals surface area contributed by atoms with Gasteiger partial charge in [-0.15, -0.1) is 0 Å². The molecule has 3 aromatic heterocycles. The molecule has 4 aromatic rings. The van der Waals surface area contributed by atoms with E-state index in [0.717, 1.165) is 16.8 Å². The number of hydrogen-bond donors (Lipinski definition) is 1. The molecule has 0 atom stereocenters. The van der Waals surface area contributed by atoms with Crippen LogP contribution in [0.25, 0.3) is 33.3 Å². The zero-order valence-corrected chi connectivity index (χ0v) is 11.3. The number of hydrogen-bond acceptors (Lipinski definition) is 2. The number of nitrogens with zero attached hydrogens (tertiary/aromatic N) is 2. The van der Waals surface area contributed by atoms with Gasteiger partial charge < -0.3 is 4.98 Å². The molecule has 0 bridgehead atoms. The Morgan fingerprint density at radius 1 is 0.619 bits per heavy atom. The molecule has 0 fully saturated rings. The van der Waals surface area contributed by atoms with Crippen molar-refractivity contribution >= 4 is 10.9 Å². The number of pyridine rings is 2. The van der Waals surface area contributed by atoms with E-state index < -0.39 is 0 Å². The fourth-order valence-electron chi connectivity index (χ4n) is 2.54. The molecule has 1 aromatic carbocycles. The number of H-pyrrole nitrogens is 1. The first-order valence-electron chi connectivity index (χ1n) is 6.84. The van der Waals surface area contributed by atoms with Crippen LogP contribution in [0.4, 0.5) is 0 Å². The molecule has 0 aliphatic rings. The number of fused-ring (bicyclic) bond motifs is 1. The zero-order valence-electron chi connectivity index (χ0n) is 11.3. The topological polar surface area (TPSA) is 41.6 Å². The summed E-state index contributed by atoms with van der Waals surface area (Å²) in [5.74, 6) is 0. The molecule has 0 aliphatic heterocycles. The maximum atomic E-state index is 4.06. The van der Waals surface area contributed by atoms with Crippen LogP contribution in [0, 0.1) is 0 Å². The van der Waals surface area contributed by atoms with Crippen LogP contribution in [-0.2, 0) is 0 Å². The predicted octanol–water partition coefficient (Wildman–Crippen LogP) is 4.29. The summed E-state index contributed by atoms with van der Waals surface area (Å²) in [5.41, 5.74) is 5.77. The van der Waals surface area contributed by atoms with E-state index in [1.54, 1.807) is 0 Å². The number of benzene rings is 1. The third-order valence-corrected chi connectivity index (χ3v) is 3.63. The van der Waals surface area contributed by atoms with Gasteiger partial charge in [-0.05, 0) is 53.6 Å². The highest BCUT2D eigenvalue weighted by Gasteiger charge is 2.05. The summed E-state index contributed by atoms with van der Waals surface area (Å²) in [6.45, 7) is 0. The van der Waals surface area contributed by atoms with E-state index in [2.05, 4.69) is 39.2 Å². The van der Waals surface area contributed by atoms with Gasteiger partial charge >= 0.3 is 0 Å². The maximum absolute atomic E-state index is 4.06. The molecule has 3 heterocycles. The molecule has 0 spiro atoms. The van der Waals surface area contributed by atoms with Crippen molar-refractivity contribution in [3.8, 4) is 22.4 Å². The molecule has 0 amide bonds. The van der Waals surface area contributed by atoms with Gasteiger partial charge in [0.25, 0.3) is 0 Å². The molecule has 3 heteroatoms. The highest BCUT2D eigenvalue weighted by Crippen LogP contribution is 2.27. The van der Waals surface area contributed by atoms with E-state index in [1.165, 1.54) is 16.5 Å². The van der Waals surface area contributed by atoms with E-state index in [0.29, 0.717) is 0 Å². The summed E-state index contributed by atoms with van der Waals surface area (Å²) in [6, 6.07) is 16.7. The van der Waals surface area contributed by atoms with E-state index in [-0.39, 0.29) is 0 Å². The fraction of sp³-hybridized carbons (Fsp3) is 0. The zero-order chi connectivity index (χ0) is 14.1. The first kappa shape index (κ1) is 11.9. The highest BCUT2D eigenvalue weighted by atomic mass is 14.7. The second-order valence-corrected chi connectivity index (χ2v) is 4.96.